The van der Waals surface area contributed by atoms with Gasteiger partial charge in [-0.3, -0.25) is 15.6 Å². The summed E-state index contributed by atoms with van der Waals surface area (Å²) >= 11 is 0. The molecule has 0 aromatic carbocycles. The number of amides is 3. The second-order valence-corrected chi connectivity index (χ2v) is 12.0. The van der Waals surface area contributed by atoms with Crippen LogP contribution in [0, 0.1) is 0 Å². The van der Waals surface area contributed by atoms with Crippen LogP contribution in [-0.2, 0) is 23.7 Å². The van der Waals surface area contributed by atoms with E-state index in [0.717, 1.165) is 0 Å². The minimum absolute atomic E-state index is 0.0242. The number of hydrogen-bond acceptors (Lipinski definition) is 9. The molecule has 0 unspecified atom stereocenters. The Kier molecular flexibility index (Phi) is 11.7. The molecule has 0 rings (SSSR count). The van der Waals surface area contributed by atoms with E-state index in [1.165, 1.54) is 0 Å². The van der Waals surface area contributed by atoms with Gasteiger partial charge >= 0.3 is 24.2 Å². The van der Waals surface area contributed by atoms with Crippen LogP contribution in [0.25, 0.3) is 0 Å². The molecule has 0 aromatic heterocycles. The van der Waals surface area contributed by atoms with E-state index >= 15 is 0 Å². The molecule has 0 spiro atoms. The number of guanidine groups is 1. The van der Waals surface area contributed by atoms with Crippen molar-refractivity contribution in [1.82, 2.24) is 16.0 Å². The predicted octanol–water partition coefficient (Wildman–Crippen LogP) is 4.02. The first-order valence-corrected chi connectivity index (χ1v) is 11.7. The maximum Gasteiger partial charge on any atom is 0.414 e. The highest BCUT2D eigenvalue weighted by molar-refractivity contribution is 6.01. The van der Waals surface area contributed by atoms with Crippen molar-refractivity contribution in [1.29, 1.82) is 0 Å². The van der Waals surface area contributed by atoms with Crippen molar-refractivity contribution in [2.75, 3.05) is 6.54 Å². The second-order valence-electron chi connectivity index (χ2n) is 12.0. The fraction of sp³-hybridized carbons (Fsp3) is 0.792. The van der Waals surface area contributed by atoms with Gasteiger partial charge in [0, 0.05) is 6.54 Å². The van der Waals surface area contributed by atoms with Crippen LogP contribution < -0.4 is 16.0 Å². The van der Waals surface area contributed by atoms with Crippen molar-refractivity contribution < 1.29 is 38.1 Å². The summed E-state index contributed by atoms with van der Waals surface area (Å²) in [6, 6.07) is -1.10. The maximum absolute atomic E-state index is 12.7. The zero-order valence-corrected chi connectivity index (χ0v) is 23.7. The van der Waals surface area contributed by atoms with Crippen molar-refractivity contribution in [2.45, 2.75) is 118 Å². The quantitative estimate of drug-likeness (QED) is 0.214. The molecule has 3 amide bonds. The first-order chi connectivity index (χ1) is 16.0. The molecule has 0 aliphatic rings. The molecule has 0 radical (unpaired) electrons. The van der Waals surface area contributed by atoms with Crippen LogP contribution in [0.2, 0.25) is 0 Å². The normalized spacial score (nSPS) is 13.0. The van der Waals surface area contributed by atoms with Crippen LogP contribution in [0.3, 0.4) is 0 Å². The summed E-state index contributed by atoms with van der Waals surface area (Å²) in [7, 11) is 0. The summed E-state index contributed by atoms with van der Waals surface area (Å²) in [5.41, 5.74) is -3.15. The van der Waals surface area contributed by atoms with Crippen LogP contribution in [0.15, 0.2) is 4.99 Å². The predicted molar refractivity (Wildman–Crippen MR) is 135 cm³/mol. The highest BCUT2D eigenvalue weighted by atomic mass is 16.6. The number of alkyl carbamates (subject to hydrolysis) is 3. The number of hydrogen-bond donors (Lipinski definition) is 3. The lowest BCUT2D eigenvalue weighted by Crippen LogP contribution is -2.48. The van der Waals surface area contributed by atoms with Gasteiger partial charge in [-0.1, -0.05) is 0 Å². The molecule has 12 heteroatoms. The molecule has 0 aliphatic heterocycles. The van der Waals surface area contributed by atoms with Crippen LogP contribution in [-0.4, -0.2) is 65.2 Å². The van der Waals surface area contributed by atoms with E-state index in [0.29, 0.717) is 0 Å². The number of ether oxygens (including phenoxy) is 4. The summed E-state index contributed by atoms with van der Waals surface area (Å²) < 4.78 is 21.0. The number of nitrogens with one attached hydrogen (secondary N) is 3. The van der Waals surface area contributed by atoms with Crippen LogP contribution in [0.4, 0.5) is 14.4 Å². The molecule has 36 heavy (non-hydrogen) atoms. The Labute approximate surface area is 214 Å². The average molecular weight is 517 g/mol. The lowest BCUT2D eigenvalue weighted by atomic mass is 10.1. The summed E-state index contributed by atoms with van der Waals surface area (Å²) in [5.74, 6) is -0.941. The van der Waals surface area contributed by atoms with Crippen molar-refractivity contribution in [3.8, 4) is 0 Å². The third-order valence-corrected chi connectivity index (χ3v) is 3.31. The monoisotopic (exact) mass is 516 g/mol. The SMILES string of the molecule is CC(C)(C)OC(=O)NC(=NCC[C@H](NC(=O)OC(C)(C)C)C(=O)OC(C)(C)C)NC(=O)OC(C)(C)C. The topological polar surface area (TPSA) is 154 Å². The highest BCUT2D eigenvalue weighted by Gasteiger charge is 2.29. The smallest absolute Gasteiger partial charge is 0.414 e. The number of carbonyl (C=O) groups excluding carboxylic acids is 4. The fourth-order valence-electron chi connectivity index (χ4n) is 2.29. The zero-order valence-electron chi connectivity index (χ0n) is 23.7. The number of esters is 1. The first-order valence-electron chi connectivity index (χ1n) is 11.7. The minimum atomic E-state index is -1.10. The van der Waals surface area contributed by atoms with Gasteiger partial charge in [-0.15, -0.1) is 0 Å². The lowest BCUT2D eigenvalue weighted by Gasteiger charge is -2.26. The Morgan fingerprint density at radius 1 is 0.611 bits per heavy atom. The number of rotatable bonds is 5. The fourth-order valence-corrected chi connectivity index (χ4v) is 2.29. The van der Waals surface area contributed by atoms with Gasteiger partial charge in [0.1, 0.15) is 28.4 Å². The molecular formula is C24H44N4O8. The lowest BCUT2D eigenvalue weighted by molar-refractivity contribution is -0.157. The molecule has 0 aromatic rings. The average Bonchev–Trinajstić information content (AvgIpc) is 2.53. The van der Waals surface area contributed by atoms with Gasteiger partial charge in [0.25, 0.3) is 0 Å². The standard InChI is InChI=1S/C24H44N4O8/c1-21(2,3)33-16(29)15(26-18(30)34-22(4,5)6)13-14-25-17(27-19(31)35-23(7,8)9)28-20(32)36-24(10,11)12/h15H,13-14H2,1-12H3,(H,26,30)(H2,25,27,28,31,32)/t15-/m0/s1. The van der Waals surface area contributed by atoms with Crippen molar-refractivity contribution >= 4 is 30.2 Å². The highest BCUT2D eigenvalue weighted by Crippen LogP contribution is 2.12. The van der Waals surface area contributed by atoms with Gasteiger partial charge in [0.15, 0.2) is 0 Å². The van der Waals surface area contributed by atoms with E-state index in [-0.39, 0.29) is 18.9 Å². The van der Waals surface area contributed by atoms with E-state index in [1.807, 2.05) is 0 Å². The van der Waals surface area contributed by atoms with E-state index in [4.69, 9.17) is 18.9 Å². The molecule has 1 atom stereocenters. The van der Waals surface area contributed by atoms with E-state index in [9.17, 15) is 19.2 Å². The summed E-state index contributed by atoms with van der Waals surface area (Å²) in [6.07, 6.45) is -2.54. The van der Waals surface area contributed by atoms with Crippen molar-refractivity contribution in [2.24, 2.45) is 4.99 Å². The van der Waals surface area contributed by atoms with Crippen molar-refractivity contribution in [3.63, 3.8) is 0 Å². The van der Waals surface area contributed by atoms with Crippen LogP contribution in [0.5, 0.6) is 0 Å². The van der Waals surface area contributed by atoms with E-state index < -0.39 is 52.7 Å². The Morgan fingerprint density at radius 3 is 1.33 bits per heavy atom. The van der Waals surface area contributed by atoms with E-state index in [1.54, 1.807) is 83.1 Å². The minimum Gasteiger partial charge on any atom is -0.458 e. The molecular weight excluding hydrogens is 472 g/mol. The number of aliphatic imine (C=N–C) groups is 1. The van der Waals surface area contributed by atoms with Gasteiger partial charge < -0.3 is 24.3 Å². The third-order valence-electron chi connectivity index (χ3n) is 3.31. The first kappa shape index (κ1) is 33.0. The molecule has 0 bridgehead atoms. The Hall–Kier alpha value is -3.05. The molecule has 0 aliphatic carbocycles. The van der Waals surface area contributed by atoms with E-state index in [2.05, 4.69) is 20.9 Å². The Balaban J connectivity index is 5.64. The molecule has 0 fully saturated rings. The Bertz CT molecular complexity index is 780. The largest absolute Gasteiger partial charge is 0.458 e. The second kappa shape index (κ2) is 12.8. The summed E-state index contributed by atoms with van der Waals surface area (Å²) in [5, 5.41) is 7.19. The van der Waals surface area contributed by atoms with Gasteiger partial charge in [-0.05, 0) is 89.5 Å². The van der Waals surface area contributed by atoms with Gasteiger partial charge in [0.2, 0.25) is 5.96 Å². The summed E-state index contributed by atoms with van der Waals surface area (Å²) in [6.45, 7) is 20.1. The van der Waals surface area contributed by atoms with Crippen LogP contribution >= 0.6 is 0 Å². The number of nitrogens with zero attached hydrogens (tertiary/aromatic N) is 1. The molecule has 3 N–H and O–H groups in total. The molecule has 0 saturated carbocycles. The van der Waals surface area contributed by atoms with Crippen LogP contribution in [0.1, 0.15) is 89.5 Å². The van der Waals surface area contributed by atoms with Crippen molar-refractivity contribution in [3.05, 3.63) is 0 Å². The molecule has 0 heterocycles. The molecule has 12 nitrogen and oxygen atoms in total. The molecule has 208 valence electrons. The van der Waals surface area contributed by atoms with Gasteiger partial charge in [-0.2, -0.15) is 0 Å². The number of carbonyl (C=O) groups is 4. The van der Waals surface area contributed by atoms with Gasteiger partial charge in [-0.25, -0.2) is 19.2 Å². The maximum atomic E-state index is 12.7. The third kappa shape index (κ3) is 18.3. The summed E-state index contributed by atoms with van der Waals surface area (Å²) in [4.78, 5) is 53.6. The zero-order chi connectivity index (χ0) is 28.5. The van der Waals surface area contributed by atoms with Gasteiger partial charge in [0.05, 0.1) is 0 Å². The molecule has 0 saturated heterocycles. The Morgan fingerprint density at radius 2 is 0.972 bits per heavy atom.